The number of hydrogen-bond donors (Lipinski definition) is 3. The summed E-state index contributed by atoms with van der Waals surface area (Å²) in [4.78, 5) is 29.3. The Labute approximate surface area is 192 Å². The lowest BCUT2D eigenvalue weighted by Crippen LogP contribution is -2.58. The average molecular weight is 446 g/mol. The second-order valence-corrected chi connectivity index (χ2v) is 8.25. The summed E-state index contributed by atoms with van der Waals surface area (Å²) in [6.07, 6.45) is 2.96. The first-order chi connectivity index (χ1) is 15.9. The first-order valence-electron chi connectivity index (χ1n) is 10.8. The molecule has 2 amide bonds. The van der Waals surface area contributed by atoms with Crippen molar-refractivity contribution in [2.45, 2.75) is 38.5 Å². The van der Waals surface area contributed by atoms with Gasteiger partial charge in [0.25, 0.3) is 0 Å². The molecule has 0 aliphatic carbocycles. The Bertz CT molecular complexity index is 1220. The van der Waals surface area contributed by atoms with Crippen LogP contribution in [0.5, 0.6) is 0 Å². The number of H-pyrrole nitrogens is 1. The van der Waals surface area contributed by atoms with Crippen LogP contribution in [-0.2, 0) is 22.6 Å². The van der Waals surface area contributed by atoms with Crippen LogP contribution in [0.15, 0.2) is 83.6 Å². The molecule has 0 radical (unpaired) electrons. The summed E-state index contributed by atoms with van der Waals surface area (Å²) < 4.78 is 10.5. The third kappa shape index (κ3) is 5.26. The number of rotatable bonds is 8. The number of carbonyl (C=O) groups is 2. The summed E-state index contributed by atoms with van der Waals surface area (Å²) in [5, 5.41) is 6.82. The maximum absolute atomic E-state index is 13.5. The van der Waals surface area contributed by atoms with Gasteiger partial charge in [-0.15, -0.1) is 0 Å². The molecule has 170 valence electrons. The Morgan fingerprint density at radius 2 is 1.82 bits per heavy atom. The highest BCUT2D eigenvalue weighted by atomic mass is 16.6. The third-order valence-corrected chi connectivity index (χ3v) is 5.67. The molecule has 0 saturated heterocycles. The van der Waals surface area contributed by atoms with Gasteiger partial charge in [0.15, 0.2) is 6.61 Å². The number of furan rings is 1. The Balaban J connectivity index is 1.54. The van der Waals surface area contributed by atoms with Crippen molar-refractivity contribution in [3.05, 3.63) is 96.1 Å². The molecule has 4 aromatic rings. The van der Waals surface area contributed by atoms with Crippen LogP contribution >= 0.6 is 0 Å². The van der Waals surface area contributed by atoms with E-state index in [1.54, 1.807) is 19.1 Å². The average Bonchev–Trinajstić information content (AvgIpc) is 3.48. The molecule has 7 heteroatoms. The van der Waals surface area contributed by atoms with E-state index < -0.39 is 11.6 Å². The van der Waals surface area contributed by atoms with Crippen LogP contribution in [0.2, 0.25) is 0 Å². The van der Waals surface area contributed by atoms with E-state index >= 15 is 0 Å². The number of aromatic amines is 1. The lowest BCUT2D eigenvalue weighted by molar-refractivity contribution is -0.127. The molecule has 3 N–H and O–H groups in total. The van der Waals surface area contributed by atoms with Crippen molar-refractivity contribution >= 4 is 22.9 Å². The number of alkyl carbamates (subject to hydrolysis) is 1. The number of aromatic nitrogens is 1. The van der Waals surface area contributed by atoms with Gasteiger partial charge in [0.1, 0.15) is 11.3 Å². The van der Waals surface area contributed by atoms with Gasteiger partial charge < -0.3 is 24.8 Å². The van der Waals surface area contributed by atoms with E-state index in [1.165, 1.54) is 6.26 Å². The first kappa shape index (κ1) is 22.2. The fraction of sp³-hybridized carbons (Fsp3) is 0.231. The van der Waals surface area contributed by atoms with Crippen LogP contribution in [0.3, 0.4) is 0 Å². The SMILES string of the molecule is C[C@H](NC(=O)[C@@](C)(Cc1c[nH]c2ccccc12)NC(=O)OCc1ccco1)c1ccccc1. The van der Waals surface area contributed by atoms with Gasteiger partial charge in [0, 0.05) is 23.5 Å². The molecule has 2 heterocycles. The number of ether oxygens (including phenoxy) is 1. The zero-order chi connectivity index (χ0) is 23.3. The summed E-state index contributed by atoms with van der Waals surface area (Å²) in [7, 11) is 0. The van der Waals surface area contributed by atoms with Crippen LogP contribution in [0.1, 0.15) is 36.8 Å². The molecule has 4 rings (SSSR count). The Kier molecular flexibility index (Phi) is 6.49. The third-order valence-electron chi connectivity index (χ3n) is 5.67. The van der Waals surface area contributed by atoms with Crippen molar-refractivity contribution < 1.29 is 18.7 Å². The molecule has 0 aliphatic heterocycles. The van der Waals surface area contributed by atoms with Crippen molar-refractivity contribution in [1.29, 1.82) is 0 Å². The molecule has 0 aliphatic rings. The minimum absolute atomic E-state index is 0.0238. The molecule has 0 spiro atoms. The summed E-state index contributed by atoms with van der Waals surface area (Å²) in [5.74, 6) is 0.213. The molecule has 33 heavy (non-hydrogen) atoms. The first-order valence-corrected chi connectivity index (χ1v) is 10.8. The van der Waals surface area contributed by atoms with Crippen LogP contribution in [0.4, 0.5) is 4.79 Å². The van der Waals surface area contributed by atoms with Gasteiger partial charge >= 0.3 is 6.09 Å². The molecule has 7 nitrogen and oxygen atoms in total. The van der Waals surface area contributed by atoms with Crippen molar-refractivity contribution in [2.75, 3.05) is 0 Å². The molecule has 2 aromatic heterocycles. The fourth-order valence-corrected chi connectivity index (χ4v) is 3.81. The monoisotopic (exact) mass is 445 g/mol. The Morgan fingerprint density at radius 3 is 2.58 bits per heavy atom. The van der Waals surface area contributed by atoms with Gasteiger partial charge in [-0.1, -0.05) is 48.5 Å². The number of hydrogen-bond acceptors (Lipinski definition) is 4. The van der Waals surface area contributed by atoms with Crippen molar-refractivity contribution in [3.8, 4) is 0 Å². The number of carbonyl (C=O) groups excluding carboxylic acids is 2. The fourth-order valence-electron chi connectivity index (χ4n) is 3.81. The highest BCUT2D eigenvalue weighted by Gasteiger charge is 2.37. The van der Waals surface area contributed by atoms with Crippen molar-refractivity contribution in [1.82, 2.24) is 15.6 Å². The number of nitrogens with one attached hydrogen (secondary N) is 3. The maximum Gasteiger partial charge on any atom is 0.408 e. The van der Waals surface area contributed by atoms with E-state index in [9.17, 15) is 9.59 Å². The van der Waals surface area contributed by atoms with E-state index in [4.69, 9.17) is 9.15 Å². The minimum atomic E-state index is -1.26. The summed E-state index contributed by atoms with van der Waals surface area (Å²) in [5.41, 5.74) is 1.60. The number of para-hydroxylation sites is 1. The number of fused-ring (bicyclic) bond motifs is 1. The molecular formula is C26H27N3O4. The second-order valence-electron chi connectivity index (χ2n) is 8.25. The van der Waals surface area contributed by atoms with E-state index in [0.717, 1.165) is 22.0 Å². The molecular weight excluding hydrogens is 418 g/mol. The van der Waals surface area contributed by atoms with Gasteiger partial charge in [0.2, 0.25) is 5.91 Å². The van der Waals surface area contributed by atoms with Gasteiger partial charge in [-0.2, -0.15) is 0 Å². The van der Waals surface area contributed by atoms with Crippen LogP contribution < -0.4 is 10.6 Å². The van der Waals surface area contributed by atoms with Crippen molar-refractivity contribution in [3.63, 3.8) is 0 Å². The Morgan fingerprint density at radius 1 is 1.06 bits per heavy atom. The quantitative estimate of drug-likeness (QED) is 0.361. The maximum atomic E-state index is 13.5. The summed E-state index contributed by atoms with van der Waals surface area (Å²) in [6, 6.07) is 20.7. The minimum Gasteiger partial charge on any atom is -0.466 e. The van der Waals surface area contributed by atoms with Crippen LogP contribution in [0, 0.1) is 0 Å². The standard InChI is InChI=1S/C26H27N3O4/c1-18(19-9-4-3-5-10-19)28-24(30)26(2,29-25(31)33-17-21-11-8-14-32-21)15-20-16-27-23-13-7-6-12-22(20)23/h3-14,16,18,27H,15,17H2,1-2H3,(H,28,30)(H,29,31)/t18-,26+/m0/s1. The van der Waals surface area contributed by atoms with E-state index in [-0.39, 0.29) is 25.0 Å². The van der Waals surface area contributed by atoms with Gasteiger partial charge in [-0.05, 0) is 43.2 Å². The van der Waals surface area contributed by atoms with E-state index in [1.807, 2.05) is 67.7 Å². The topological polar surface area (TPSA) is 96.4 Å². The smallest absolute Gasteiger partial charge is 0.408 e. The normalized spacial score (nSPS) is 13.8. The van der Waals surface area contributed by atoms with Crippen molar-refractivity contribution in [2.24, 2.45) is 0 Å². The lowest BCUT2D eigenvalue weighted by Gasteiger charge is -2.30. The highest BCUT2D eigenvalue weighted by Crippen LogP contribution is 2.24. The lowest BCUT2D eigenvalue weighted by atomic mass is 9.91. The highest BCUT2D eigenvalue weighted by molar-refractivity contribution is 5.91. The molecule has 0 bridgehead atoms. The summed E-state index contributed by atoms with van der Waals surface area (Å²) in [6.45, 7) is 3.59. The molecule has 0 fully saturated rings. The predicted molar refractivity (Wildman–Crippen MR) is 125 cm³/mol. The van der Waals surface area contributed by atoms with Gasteiger partial charge in [-0.3, -0.25) is 4.79 Å². The number of amides is 2. The van der Waals surface area contributed by atoms with Gasteiger partial charge in [-0.25, -0.2) is 4.79 Å². The van der Waals surface area contributed by atoms with Crippen LogP contribution in [-0.4, -0.2) is 22.5 Å². The molecule has 2 atom stereocenters. The molecule has 0 unspecified atom stereocenters. The zero-order valence-electron chi connectivity index (χ0n) is 18.6. The largest absolute Gasteiger partial charge is 0.466 e. The summed E-state index contributed by atoms with van der Waals surface area (Å²) >= 11 is 0. The number of benzene rings is 2. The molecule has 2 aromatic carbocycles. The molecule has 0 saturated carbocycles. The van der Waals surface area contributed by atoms with E-state index in [2.05, 4.69) is 15.6 Å². The van der Waals surface area contributed by atoms with Gasteiger partial charge in [0.05, 0.1) is 12.3 Å². The second kappa shape index (κ2) is 9.65. The van der Waals surface area contributed by atoms with E-state index in [0.29, 0.717) is 5.76 Å². The van der Waals surface area contributed by atoms with Crippen LogP contribution in [0.25, 0.3) is 10.9 Å². The zero-order valence-corrected chi connectivity index (χ0v) is 18.6. The predicted octanol–water partition coefficient (Wildman–Crippen LogP) is 4.87. The Hall–Kier alpha value is -4.00.